The summed E-state index contributed by atoms with van der Waals surface area (Å²) in [5, 5.41) is 0. The zero-order valence-corrected chi connectivity index (χ0v) is 22.7. The average molecular weight is 520 g/mol. The molecule has 1 N–H and O–H groups in total. The Morgan fingerprint density at radius 2 is 1.68 bits per heavy atom. The lowest BCUT2D eigenvalue weighted by Gasteiger charge is -2.39. The number of methoxy groups -OCH3 is 2. The van der Waals surface area contributed by atoms with Crippen LogP contribution >= 0.6 is 0 Å². The third kappa shape index (κ3) is 4.83. The van der Waals surface area contributed by atoms with Crippen molar-refractivity contribution in [2.45, 2.75) is 37.1 Å². The van der Waals surface area contributed by atoms with Crippen LogP contribution < -0.4 is 14.2 Å². The maximum Gasteiger partial charge on any atom is 0.261 e. The fourth-order valence-electron chi connectivity index (χ4n) is 5.24. The van der Waals surface area contributed by atoms with Gasteiger partial charge >= 0.3 is 0 Å². The van der Waals surface area contributed by atoms with E-state index >= 15 is 0 Å². The SMILES string of the molecule is COc1cc2c(cc1OC)C1CN(C)CCC1N=C2c1ccc(C)c(NS(=O)(=O)c2ccc(C)cc2)c1. The van der Waals surface area contributed by atoms with E-state index in [4.69, 9.17) is 14.5 Å². The summed E-state index contributed by atoms with van der Waals surface area (Å²) in [5.74, 6) is 1.59. The van der Waals surface area contributed by atoms with Gasteiger partial charge in [0.05, 0.1) is 36.6 Å². The molecule has 3 aromatic rings. The second kappa shape index (κ2) is 9.84. The number of nitrogens with one attached hydrogen (secondary N) is 1. The normalized spacial score (nSPS) is 19.4. The topological polar surface area (TPSA) is 80.2 Å². The number of likely N-dealkylation sites (tertiary alicyclic amines) is 1. The van der Waals surface area contributed by atoms with E-state index in [1.807, 2.05) is 38.1 Å². The van der Waals surface area contributed by atoms with E-state index in [1.165, 1.54) is 5.56 Å². The largest absolute Gasteiger partial charge is 0.493 e. The molecule has 1 saturated heterocycles. The fraction of sp³-hybridized carbons (Fsp3) is 0.345. The molecular formula is C29H33N3O4S. The second-order valence-electron chi connectivity index (χ2n) is 9.95. The van der Waals surface area contributed by atoms with Gasteiger partial charge in [0, 0.05) is 23.6 Å². The van der Waals surface area contributed by atoms with Crippen LogP contribution in [0.3, 0.4) is 0 Å². The molecule has 2 aliphatic rings. The number of ether oxygens (including phenoxy) is 2. The summed E-state index contributed by atoms with van der Waals surface area (Å²) in [7, 11) is 1.69. The molecule has 0 aliphatic carbocycles. The molecule has 8 heteroatoms. The Labute approximate surface area is 219 Å². The number of fused-ring (bicyclic) bond motifs is 3. The minimum atomic E-state index is -3.74. The Morgan fingerprint density at radius 1 is 0.973 bits per heavy atom. The van der Waals surface area contributed by atoms with Crippen LogP contribution in [0.5, 0.6) is 11.5 Å². The zero-order valence-electron chi connectivity index (χ0n) is 21.9. The minimum absolute atomic E-state index is 0.144. The Morgan fingerprint density at radius 3 is 2.38 bits per heavy atom. The van der Waals surface area contributed by atoms with Crippen molar-refractivity contribution in [2.24, 2.45) is 4.99 Å². The molecule has 1 fully saturated rings. The number of aryl methyl sites for hydroxylation is 2. The van der Waals surface area contributed by atoms with Crippen molar-refractivity contribution >= 4 is 21.4 Å². The quantitative estimate of drug-likeness (QED) is 0.508. The van der Waals surface area contributed by atoms with E-state index in [1.54, 1.807) is 38.5 Å². The molecule has 0 radical (unpaired) electrons. The molecule has 0 amide bonds. The van der Waals surface area contributed by atoms with Crippen LogP contribution in [-0.4, -0.2) is 59.4 Å². The molecule has 2 atom stereocenters. The van der Waals surface area contributed by atoms with Crippen LogP contribution in [0.2, 0.25) is 0 Å². The van der Waals surface area contributed by atoms with Crippen molar-refractivity contribution in [2.75, 3.05) is 39.1 Å². The first-order valence-electron chi connectivity index (χ1n) is 12.4. The first-order valence-corrected chi connectivity index (χ1v) is 13.9. The lowest BCUT2D eigenvalue weighted by atomic mass is 9.79. The summed E-state index contributed by atoms with van der Waals surface area (Å²) in [6.07, 6.45) is 0.956. The maximum absolute atomic E-state index is 13.1. The van der Waals surface area contributed by atoms with E-state index < -0.39 is 10.0 Å². The highest BCUT2D eigenvalue weighted by Crippen LogP contribution is 2.42. The van der Waals surface area contributed by atoms with Crippen LogP contribution in [0.1, 0.15) is 40.2 Å². The molecule has 37 heavy (non-hydrogen) atoms. The number of rotatable bonds is 6. The summed E-state index contributed by atoms with van der Waals surface area (Å²) in [6, 6.07) is 16.9. The Kier molecular flexibility index (Phi) is 6.72. The number of aliphatic imine (C=N–C) groups is 1. The Bertz CT molecular complexity index is 1470. The van der Waals surface area contributed by atoms with Crippen LogP contribution in [0, 0.1) is 13.8 Å². The summed E-state index contributed by atoms with van der Waals surface area (Å²) in [6.45, 7) is 5.73. The highest BCUT2D eigenvalue weighted by atomic mass is 32.2. The molecule has 0 aromatic heterocycles. The van der Waals surface area contributed by atoms with Gasteiger partial charge in [-0.15, -0.1) is 0 Å². The molecule has 2 heterocycles. The fourth-order valence-corrected chi connectivity index (χ4v) is 6.36. The van der Waals surface area contributed by atoms with Crippen molar-refractivity contribution in [3.8, 4) is 11.5 Å². The van der Waals surface area contributed by atoms with Crippen molar-refractivity contribution in [1.29, 1.82) is 0 Å². The first-order chi connectivity index (χ1) is 17.7. The molecule has 7 nitrogen and oxygen atoms in total. The summed E-state index contributed by atoms with van der Waals surface area (Å²) >= 11 is 0. The standard InChI is InChI=1S/C29H33N3O4S/c1-18-6-10-21(11-7-18)37(33,34)31-26-14-20(9-8-19(26)2)29-23-16-28(36-5)27(35-4)15-22(23)24-17-32(3)13-12-25(24)30-29/h6-11,14-16,24-25,31H,12-13,17H2,1-5H3. The number of likely N-dealkylation sites (N-methyl/N-ethyl adjacent to an activating group) is 1. The monoisotopic (exact) mass is 519 g/mol. The van der Waals surface area contributed by atoms with Gasteiger partial charge in [-0.2, -0.15) is 0 Å². The van der Waals surface area contributed by atoms with Crippen molar-refractivity contribution < 1.29 is 17.9 Å². The summed E-state index contributed by atoms with van der Waals surface area (Å²) in [4.78, 5) is 7.80. The number of benzene rings is 3. The van der Waals surface area contributed by atoms with Crippen molar-refractivity contribution in [1.82, 2.24) is 4.90 Å². The number of piperidine rings is 1. The molecule has 2 aliphatic heterocycles. The molecule has 194 valence electrons. The molecule has 0 bridgehead atoms. The van der Waals surface area contributed by atoms with Gasteiger partial charge in [0.2, 0.25) is 0 Å². The average Bonchev–Trinajstić information content (AvgIpc) is 2.89. The van der Waals surface area contributed by atoms with Gasteiger partial charge in [0.1, 0.15) is 0 Å². The number of anilines is 1. The summed E-state index contributed by atoms with van der Waals surface area (Å²) < 4.78 is 40.4. The van der Waals surface area contributed by atoms with Crippen LogP contribution in [0.4, 0.5) is 5.69 Å². The van der Waals surface area contributed by atoms with E-state index in [2.05, 4.69) is 22.7 Å². The summed E-state index contributed by atoms with van der Waals surface area (Å²) in [5.41, 5.74) is 6.25. The van der Waals surface area contributed by atoms with E-state index in [9.17, 15) is 8.42 Å². The van der Waals surface area contributed by atoms with Crippen molar-refractivity contribution in [3.63, 3.8) is 0 Å². The Balaban J connectivity index is 1.59. The van der Waals surface area contributed by atoms with Gasteiger partial charge in [0.15, 0.2) is 11.5 Å². The van der Waals surface area contributed by atoms with Gasteiger partial charge in [-0.25, -0.2) is 8.42 Å². The number of hydrogen-bond donors (Lipinski definition) is 1. The predicted molar refractivity (Wildman–Crippen MR) is 147 cm³/mol. The van der Waals surface area contributed by atoms with Gasteiger partial charge in [-0.3, -0.25) is 9.71 Å². The highest BCUT2D eigenvalue weighted by molar-refractivity contribution is 7.92. The smallest absolute Gasteiger partial charge is 0.261 e. The van der Waals surface area contributed by atoms with E-state index in [0.29, 0.717) is 17.2 Å². The Hall–Kier alpha value is -3.36. The number of nitrogens with zero attached hydrogens (tertiary/aromatic N) is 2. The predicted octanol–water partition coefficient (Wildman–Crippen LogP) is 4.76. The van der Waals surface area contributed by atoms with Gasteiger partial charge < -0.3 is 14.4 Å². The number of sulfonamides is 1. The lowest BCUT2D eigenvalue weighted by Crippen LogP contribution is -2.41. The van der Waals surface area contributed by atoms with Crippen LogP contribution in [0.25, 0.3) is 0 Å². The maximum atomic E-state index is 13.1. The molecule has 3 aromatic carbocycles. The van der Waals surface area contributed by atoms with Crippen LogP contribution in [-0.2, 0) is 10.0 Å². The second-order valence-corrected chi connectivity index (χ2v) is 11.6. The van der Waals surface area contributed by atoms with Gasteiger partial charge in [-0.1, -0.05) is 29.8 Å². The molecule has 0 spiro atoms. The van der Waals surface area contributed by atoms with E-state index in [0.717, 1.165) is 47.5 Å². The first kappa shape index (κ1) is 25.3. The number of hydrogen-bond acceptors (Lipinski definition) is 6. The molecular weight excluding hydrogens is 486 g/mol. The third-order valence-corrected chi connectivity index (χ3v) is 8.75. The zero-order chi connectivity index (χ0) is 26.3. The third-order valence-electron chi connectivity index (χ3n) is 7.37. The van der Waals surface area contributed by atoms with E-state index in [-0.39, 0.29) is 16.9 Å². The minimum Gasteiger partial charge on any atom is -0.493 e. The lowest BCUT2D eigenvalue weighted by molar-refractivity contribution is 0.227. The van der Waals surface area contributed by atoms with Crippen LogP contribution in [0.15, 0.2) is 64.5 Å². The highest BCUT2D eigenvalue weighted by Gasteiger charge is 2.36. The molecule has 2 unspecified atom stereocenters. The molecule has 5 rings (SSSR count). The van der Waals surface area contributed by atoms with Crippen molar-refractivity contribution in [3.05, 3.63) is 82.4 Å². The molecule has 0 saturated carbocycles. The van der Waals surface area contributed by atoms with Gasteiger partial charge in [0.25, 0.3) is 10.0 Å². The van der Waals surface area contributed by atoms with Gasteiger partial charge in [-0.05, 0) is 75.3 Å².